The Labute approximate surface area is 156 Å². The molecule has 3 rings (SSSR count). The molecule has 0 radical (unpaired) electrons. The minimum Gasteiger partial charge on any atom is -0.323 e. The van der Waals surface area contributed by atoms with E-state index in [1.165, 1.54) is 11.8 Å². The average Bonchev–Trinajstić information content (AvgIpc) is 2.55. The van der Waals surface area contributed by atoms with Gasteiger partial charge in [0.25, 0.3) is 0 Å². The minimum atomic E-state index is -0.324. The van der Waals surface area contributed by atoms with Gasteiger partial charge in [0.15, 0.2) is 5.16 Å². The lowest BCUT2D eigenvalue weighted by Gasteiger charge is -2.19. The van der Waals surface area contributed by atoms with Crippen LogP contribution in [-0.4, -0.2) is 28.2 Å². The van der Waals surface area contributed by atoms with Gasteiger partial charge in [-0.2, -0.15) is 0 Å². The van der Waals surface area contributed by atoms with Crippen molar-refractivity contribution in [3.8, 4) is 0 Å². The molecule has 134 valence electrons. The Balaban J connectivity index is 0.00000225. The molecule has 0 bridgehead atoms. The number of halogens is 2. The minimum absolute atomic E-state index is 0. The fourth-order valence-electron chi connectivity index (χ4n) is 2.70. The zero-order valence-corrected chi connectivity index (χ0v) is 15.7. The quantitative estimate of drug-likeness (QED) is 0.628. The standard InChI is InChI=1S/C17H19FN4OS.ClH/c1-10-7-11(2)21-17(20-10)24-9-15(23)22-14-4-3-12-8-19-6-5-13(12)16(14)18;/h3-4,7,19H,5-6,8-9H2,1-2H3,(H,22,23);1H. The van der Waals surface area contributed by atoms with E-state index in [2.05, 4.69) is 20.6 Å². The Morgan fingerprint density at radius 1 is 1.32 bits per heavy atom. The second kappa shape index (κ2) is 8.60. The van der Waals surface area contributed by atoms with Gasteiger partial charge in [0.2, 0.25) is 5.91 Å². The molecule has 0 fully saturated rings. The summed E-state index contributed by atoms with van der Waals surface area (Å²) in [5, 5.41) is 6.41. The molecule has 1 amide bonds. The molecule has 0 saturated carbocycles. The molecule has 0 unspecified atom stereocenters. The van der Waals surface area contributed by atoms with Gasteiger partial charge in [-0.25, -0.2) is 14.4 Å². The van der Waals surface area contributed by atoms with E-state index in [9.17, 15) is 9.18 Å². The number of amides is 1. The van der Waals surface area contributed by atoms with Crippen LogP contribution in [0, 0.1) is 19.7 Å². The largest absolute Gasteiger partial charge is 0.323 e. The van der Waals surface area contributed by atoms with Crippen LogP contribution < -0.4 is 10.6 Å². The van der Waals surface area contributed by atoms with Crippen molar-refractivity contribution in [2.45, 2.75) is 32.0 Å². The van der Waals surface area contributed by atoms with Crippen LogP contribution in [-0.2, 0) is 17.8 Å². The van der Waals surface area contributed by atoms with Crippen molar-refractivity contribution in [3.05, 3.63) is 46.5 Å². The predicted molar refractivity (Wildman–Crippen MR) is 99.9 cm³/mol. The molecule has 0 atom stereocenters. The maximum Gasteiger partial charge on any atom is 0.234 e. The summed E-state index contributed by atoms with van der Waals surface area (Å²) < 4.78 is 14.5. The van der Waals surface area contributed by atoms with E-state index >= 15 is 0 Å². The zero-order valence-electron chi connectivity index (χ0n) is 14.1. The zero-order chi connectivity index (χ0) is 17.1. The summed E-state index contributed by atoms with van der Waals surface area (Å²) in [7, 11) is 0. The topological polar surface area (TPSA) is 66.9 Å². The van der Waals surface area contributed by atoms with Crippen molar-refractivity contribution in [1.82, 2.24) is 15.3 Å². The first-order chi connectivity index (χ1) is 11.5. The van der Waals surface area contributed by atoms with Gasteiger partial charge >= 0.3 is 0 Å². The van der Waals surface area contributed by atoms with Gasteiger partial charge in [0.05, 0.1) is 11.4 Å². The molecule has 1 aromatic carbocycles. The monoisotopic (exact) mass is 382 g/mol. The average molecular weight is 383 g/mol. The van der Waals surface area contributed by atoms with Crippen LogP contribution in [0.4, 0.5) is 10.1 Å². The lowest BCUT2D eigenvalue weighted by molar-refractivity contribution is -0.113. The summed E-state index contributed by atoms with van der Waals surface area (Å²) in [5.41, 5.74) is 3.61. The smallest absolute Gasteiger partial charge is 0.234 e. The van der Waals surface area contributed by atoms with Crippen LogP contribution in [0.5, 0.6) is 0 Å². The highest BCUT2D eigenvalue weighted by molar-refractivity contribution is 7.99. The first-order valence-electron chi connectivity index (χ1n) is 7.79. The normalized spacial score (nSPS) is 12.9. The molecule has 0 spiro atoms. The molecule has 2 heterocycles. The number of carbonyl (C=O) groups excluding carboxylic acids is 1. The summed E-state index contributed by atoms with van der Waals surface area (Å²) in [5.74, 6) is -0.452. The van der Waals surface area contributed by atoms with Gasteiger partial charge < -0.3 is 10.6 Å². The van der Waals surface area contributed by atoms with Crippen molar-refractivity contribution in [2.24, 2.45) is 0 Å². The fraction of sp³-hybridized carbons (Fsp3) is 0.353. The summed E-state index contributed by atoms with van der Waals surface area (Å²) in [6.45, 7) is 5.19. The number of aromatic nitrogens is 2. The molecule has 0 aliphatic carbocycles. The number of carbonyl (C=O) groups is 1. The number of nitrogens with zero attached hydrogens (tertiary/aromatic N) is 2. The highest BCUT2D eigenvalue weighted by Crippen LogP contribution is 2.25. The van der Waals surface area contributed by atoms with E-state index in [0.29, 0.717) is 23.7 Å². The van der Waals surface area contributed by atoms with Gasteiger partial charge in [0, 0.05) is 17.9 Å². The summed E-state index contributed by atoms with van der Waals surface area (Å²) in [6, 6.07) is 5.36. The lowest BCUT2D eigenvalue weighted by atomic mass is 9.99. The predicted octanol–water partition coefficient (Wildman–Crippen LogP) is 3.03. The third kappa shape index (κ3) is 4.90. The van der Waals surface area contributed by atoms with Crippen LogP contribution >= 0.6 is 24.2 Å². The van der Waals surface area contributed by atoms with Crippen LogP contribution in [0.1, 0.15) is 22.5 Å². The summed E-state index contributed by atoms with van der Waals surface area (Å²) in [6.07, 6.45) is 0.635. The Morgan fingerprint density at radius 2 is 2.04 bits per heavy atom. The van der Waals surface area contributed by atoms with Gasteiger partial charge in [0.1, 0.15) is 5.82 Å². The molecule has 5 nitrogen and oxygen atoms in total. The second-order valence-electron chi connectivity index (χ2n) is 5.76. The Morgan fingerprint density at radius 3 is 2.76 bits per heavy atom. The molecular weight excluding hydrogens is 363 g/mol. The highest BCUT2D eigenvalue weighted by Gasteiger charge is 2.17. The maximum atomic E-state index is 14.5. The van der Waals surface area contributed by atoms with E-state index in [1.807, 2.05) is 26.0 Å². The van der Waals surface area contributed by atoms with Crippen molar-refractivity contribution >= 4 is 35.8 Å². The number of benzene rings is 1. The lowest BCUT2D eigenvalue weighted by Crippen LogP contribution is -2.25. The number of anilines is 1. The highest BCUT2D eigenvalue weighted by atomic mass is 35.5. The van der Waals surface area contributed by atoms with E-state index in [4.69, 9.17) is 0 Å². The van der Waals surface area contributed by atoms with E-state index < -0.39 is 0 Å². The fourth-order valence-corrected chi connectivity index (χ4v) is 3.45. The Kier molecular flexibility index (Phi) is 6.75. The number of nitrogens with one attached hydrogen (secondary N) is 2. The van der Waals surface area contributed by atoms with Crippen LogP contribution in [0.15, 0.2) is 23.4 Å². The van der Waals surface area contributed by atoms with Gasteiger partial charge in [-0.05, 0) is 50.1 Å². The molecular formula is C17H20ClFN4OS. The molecule has 0 saturated heterocycles. The second-order valence-corrected chi connectivity index (χ2v) is 6.70. The number of aryl methyl sites for hydroxylation is 2. The van der Waals surface area contributed by atoms with Gasteiger partial charge in [-0.1, -0.05) is 17.8 Å². The van der Waals surface area contributed by atoms with Gasteiger partial charge in [-0.3, -0.25) is 4.79 Å². The third-order valence-corrected chi connectivity index (χ3v) is 4.62. The molecule has 1 aliphatic rings. The van der Waals surface area contributed by atoms with Crippen LogP contribution in [0.25, 0.3) is 0 Å². The van der Waals surface area contributed by atoms with Gasteiger partial charge in [-0.15, -0.1) is 12.4 Å². The van der Waals surface area contributed by atoms with Crippen molar-refractivity contribution < 1.29 is 9.18 Å². The molecule has 1 aliphatic heterocycles. The van der Waals surface area contributed by atoms with Crippen LogP contribution in [0.3, 0.4) is 0 Å². The van der Waals surface area contributed by atoms with Crippen LogP contribution in [0.2, 0.25) is 0 Å². The number of thioether (sulfide) groups is 1. The van der Waals surface area contributed by atoms with Crippen molar-refractivity contribution in [2.75, 3.05) is 17.6 Å². The summed E-state index contributed by atoms with van der Waals surface area (Å²) in [4.78, 5) is 20.7. The molecule has 8 heteroatoms. The summed E-state index contributed by atoms with van der Waals surface area (Å²) >= 11 is 1.24. The SMILES string of the molecule is Cc1cc(C)nc(SCC(=O)Nc2ccc3c(c2F)CCNC3)n1.Cl. The third-order valence-electron chi connectivity index (χ3n) is 3.78. The Hall–Kier alpha value is -1.70. The molecule has 1 aromatic heterocycles. The molecule has 2 N–H and O–H groups in total. The molecule has 2 aromatic rings. The number of rotatable bonds is 4. The first-order valence-corrected chi connectivity index (χ1v) is 8.77. The van der Waals surface area contributed by atoms with Crippen molar-refractivity contribution in [3.63, 3.8) is 0 Å². The number of hydrogen-bond donors (Lipinski definition) is 2. The Bertz CT molecular complexity index is 767. The van der Waals surface area contributed by atoms with E-state index in [0.717, 1.165) is 23.5 Å². The number of fused-ring (bicyclic) bond motifs is 1. The molecule has 25 heavy (non-hydrogen) atoms. The van der Waals surface area contributed by atoms with E-state index in [-0.39, 0.29) is 35.6 Å². The maximum absolute atomic E-state index is 14.5. The number of hydrogen-bond acceptors (Lipinski definition) is 5. The van der Waals surface area contributed by atoms with Crippen molar-refractivity contribution in [1.29, 1.82) is 0 Å². The van der Waals surface area contributed by atoms with E-state index in [1.54, 1.807) is 6.07 Å². The first kappa shape index (κ1) is 19.6.